The molecule has 0 N–H and O–H groups in total. The van der Waals surface area contributed by atoms with Gasteiger partial charge in [0.05, 0.1) is 7.11 Å². The predicted molar refractivity (Wildman–Crippen MR) is 86.7 cm³/mol. The highest BCUT2D eigenvalue weighted by Crippen LogP contribution is 2.28. The number of benzene rings is 1. The lowest BCUT2D eigenvalue weighted by molar-refractivity contribution is 0.104. The lowest BCUT2D eigenvalue weighted by atomic mass is 10.1. The molecule has 4 nitrogen and oxygen atoms in total. The molecule has 2 aromatic heterocycles. The molecule has 22 heavy (non-hydrogen) atoms. The Hall–Kier alpha value is -2.66. The fourth-order valence-corrected chi connectivity index (χ4v) is 2.76. The molecule has 0 spiro atoms. The van der Waals surface area contributed by atoms with Gasteiger partial charge in [0.15, 0.2) is 11.4 Å². The number of hydrogen-bond donors (Lipinski definition) is 0. The van der Waals surface area contributed by atoms with Crippen LogP contribution in [0, 0.1) is 0 Å². The van der Waals surface area contributed by atoms with Gasteiger partial charge in [-0.05, 0) is 41.8 Å². The van der Waals surface area contributed by atoms with Gasteiger partial charge < -0.3 is 9.15 Å². The normalized spacial score (nSPS) is 11.1. The van der Waals surface area contributed by atoms with E-state index in [0.29, 0.717) is 11.1 Å². The molecule has 5 heteroatoms. The summed E-state index contributed by atoms with van der Waals surface area (Å²) in [5.74, 6) is 0.105. The Kier molecular flexibility index (Phi) is 3.89. The molecule has 0 saturated heterocycles. The minimum absolute atomic E-state index is 0.243. The molecule has 0 amide bonds. The molecule has 3 rings (SSSR count). The van der Waals surface area contributed by atoms with Crippen LogP contribution in [-0.2, 0) is 0 Å². The van der Waals surface area contributed by atoms with Crippen molar-refractivity contribution in [3.05, 3.63) is 68.7 Å². The summed E-state index contributed by atoms with van der Waals surface area (Å²) in [5.41, 5.74) is -0.00442. The Bertz CT molecular complexity index is 904. The molecular formula is C17H12O4S. The Morgan fingerprint density at radius 3 is 2.77 bits per heavy atom. The maximum Gasteiger partial charge on any atom is 0.336 e. The van der Waals surface area contributed by atoms with Crippen molar-refractivity contribution < 1.29 is 13.9 Å². The number of thiophene rings is 1. The number of ketones is 1. The minimum atomic E-state index is -0.503. The van der Waals surface area contributed by atoms with Crippen LogP contribution in [0.25, 0.3) is 17.0 Å². The summed E-state index contributed by atoms with van der Waals surface area (Å²) in [4.78, 5) is 25.0. The van der Waals surface area contributed by atoms with E-state index in [1.165, 1.54) is 30.6 Å². The molecule has 0 aliphatic heterocycles. The summed E-state index contributed by atoms with van der Waals surface area (Å²) in [7, 11) is 1.47. The zero-order chi connectivity index (χ0) is 15.5. The summed E-state index contributed by atoms with van der Waals surface area (Å²) in [5, 5.41) is 2.61. The lowest BCUT2D eigenvalue weighted by Crippen LogP contribution is -2.03. The van der Waals surface area contributed by atoms with E-state index < -0.39 is 5.63 Å². The summed E-state index contributed by atoms with van der Waals surface area (Å²) < 4.78 is 10.4. The van der Waals surface area contributed by atoms with E-state index in [-0.39, 0.29) is 16.9 Å². The Morgan fingerprint density at radius 1 is 1.23 bits per heavy atom. The van der Waals surface area contributed by atoms with Crippen molar-refractivity contribution in [2.45, 2.75) is 0 Å². The van der Waals surface area contributed by atoms with Gasteiger partial charge in [0.25, 0.3) is 0 Å². The van der Waals surface area contributed by atoms with Crippen LogP contribution in [0.4, 0.5) is 0 Å². The number of rotatable bonds is 4. The Morgan fingerprint density at radius 2 is 2.05 bits per heavy atom. The van der Waals surface area contributed by atoms with Crippen molar-refractivity contribution in [1.82, 2.24) is 0 Å². The van der Waals surface area contributed by atoms with E-state index in [2.05, 4.69) is 0 Å². The first kappa shape index (κ1) is 14.3. The maximum atomic E-state index is 12.5. The monoisotopic (exact) mass is 312 g/mol. The zero-order valence-electron chi connectivity index (χ0n) is 11.7. The molecule has 2 heterocycles. The number of allylic oxidation sites excluding steroid dienone is 1. The Labute approximate surface area is 130 Å². The summed E-state index contributed by atoms with van der Waals surface area (Å²) in [6, 6.07) is 10.2. The lowest BCUT2D eigenvalue weighted by Gasteiger charge is -2.08. The van der Waals surface area contributed by atoms with Crippen molar-refractivity contribution in [2.24, 2.45) is 0 Å². The topological polar surface area (TPSA) is 56.5 Å². The molecular weight excluding hydrogens is 300 g/mol. The third kappa shape index (κ3) is 2.71. The van der Waals surface area contributed by atoms with E-state index in [9.17, 15) is 9.59 Å². The number of carbonyl (C=O) groups excluding carboxylic acids is 1. The van der Waals surface area contributed by atoms with Crippen molar-refractivity contribution >= 4 is 34.2 Å². The molecule has 0 atom stereocenters. The van der Waals surface area contributed by atoms with E-state index in [1.807, 2.05) is 17.5 Å². The van der Waals surface area contributed by atoms with Gasteiger partial charge in [-0.3, -0.25) is 4.79 Å². The van der Waals surface area contributed by atoms with E-state index >= 15 is 0 Å². The molecule has 0 unspecified atom stereocenters. The van der Waals surface area contributed by atoms with Gasteiger partial charge in [0.2, 0.25) is 0 Å². The highest BCUT2D eigenvalue weighted by molar-refractivity contribution is 7.10. The second-order valence-electron chi connectivity index (χ2n) is 4.53. The first-order chi connectivity index (χ1) is 10.7. The summed E-state index contributed by atoms with van der Waals surface area (Å²) >= 11 is 1.53. The predicted octanol–water partition coefficient (Wildman–Crippen LogP) is 3.76. The Balaban J connectivity index is 2.13. The van der Waals surface area contributed by atoms with Gasteiger partial charge in [0, 0.05) is 16.3 Å². The molecule has 0 aliphatic rings. The summed E-state index contributed by atoms with van der Waals surface area (Å²) in [6.07, 6.45) is 3.18. The largest absolute Gasteiger partial charge is 0.496 e. The molecule has 3 aromatic rings. The number of carbonyl (C=O) groups is 1. The van der Waals surface area contributed by atoms with Crippen molar-refractivity contribution in [3.63, 3.8) is 0 Å². The maximum absolute atomic E-state index is 12.5. The highest BCUT2D eigenvalue weighted by atomic mass is 32.1. The van der Waals surface area contributed by atoms with Gasteiger partial charge >= 0.3 is 5.63 Å². The van der Waals surface area contributed by atoms with E-state index in [1.54, 1.807) is 24.3 Å². The van der Waals surface area contributed by atoms with E-state index in [0.717, 1.165) is 4.88 Å². The fourth-order valence-electron chi connectivity index (χ4n) is 2.15. The molecule has 0 radical (unpaired) electrons. The zero-order valence-corrected chi connectivity index (χ0v) is 12.6. The van der Waals surface area contributed by atoms with Crippen molar-refractivity contribution in [2.75, 3.05) is 7.11 Å². The number of hydrogen-bond acceptors (Lipinski definition) is 5. The van der Waals surface area contributed by atoms with Crippen molar-refractivity contribution in [1.29, 1.82) is 0 Å². The first-order valence-electron chi connectivity index (χ1n) is 6.56. The third-order valence-corrected chi connectivity index (χ3v) is 4.00. The molecule has 0 fully saturated rings. The van der Waals surface area contributed by atoms with E-state index in [4.69, 9.17) is 9.15 Å². The second kappa shape index (κ2) is 5.99. The van der Waals surface area contributed by atoms with Gasteiger partial charge in [0.1, 0.15) is 11.3 Å². The average Bonchev–Trinajstić information content (AvgIpc) is 3.04. The third-order valence-electron chi connectivity index (χ3n) is 3.16. The van der Waals surface area contributed by atoms with Gasteiger partial charge in [-0.25, -0.2) is 4.79 Å². The number of fused-ring (bicyclic) bond motifs is 1. The van der Waals surface area contributed by atoms with Gasteiger partial charge in [-0.2, -0.15) is 0 Å². The fraction of sp³-hybridized carbons (Fsp3) is 0.0588. The van der Waals surface area contributed by atoms with Crippen LogP contribution in [0.2, 0.25) is 0 Å². The van der Waals surface area contributed by atoms with Gasteiger partial charge in [-0.15, -0.1) is 11.3 Å². The first-order valence-corrected chi connectivity index (χ1v) is 7.44. The van der Waals surface area contributed by atoms with Crippen LogP contribution in [0.5, 0.6) is 5.75 Å². The van der Waals surface area contributed by atoms with Gasteiger partial charge in [-0.1, -0.05) is 6.07 Å². The highest BCUT2D eigenvalue weighted by Gasteiger charge is 2.16. The summed E-state index contributed by atoms with van der Waals surface area (Å²) in [6.45, 7) is 0. The van der Waals surface area contributed by atoms with Crippen LogP contribution < -0.4 is 10.4 Å². The molecule has 0 saturated carbocycles. The number of ether oxygens (including phenoxy) is 1. The minimum Gasteiger partial charge on any atom is -0.496 e. The SMILES string of the molecule is COc1ccc2ccc(=O)oc2c1C(=O)/C=C/c1cccs1. The smallest absolute Gasteiger partial charge is 0.336 e. The molecule has 0 bridgehead atoms. The quantitative estimate of drug-likeness (QED) is 0.418. The van der Waals surface area contributed by atoms with Crippen LogP contribution in [0.15, 0.2) is 57.1 Å². The molecule has 110 valence electrons. The molecule has 1 aromatic carbocycles. The van der Waals surface area contributed by atoms with Crippen LogP contribution in [0.3, 0.4) is 0 Å². The second-order valence-corrected chi connectivity index (χ2v) is 5.51. The van der Waals surface area contributed by atoms with Crippen molar-refractivity contribution in [3.8, 4) is 5.75 Å². The average molecular weight is 312 g/mol. The van der Waals surface area contributed by atoms with Crippen LogP contribution >= 0.6 is 11.3 Å². The number of methoxy groups -OCH3 is 1. The van der Waals surface area contributed by atoms with Crippen LogP contribution in [0.1, 0.15) is 15.2 Å². The standard InChI is InChI=1S/C17H12O4S/c1-20-14-8-4-11-5-9-15(19)21-17(11)16(14)13(18)7-6-12-3-2-10-22-12/h2-10H,1H3/b7-6+. The molecule has 0 aliphatic carbocycles. The van der Waals surface area contributed by atoms with Crippen LogP contribution in [-0.4, -0.2) is 12.9 Å².